The molecule has 2 saturated heterocycles. The fourth-order valence-electron chi connectivity index (χ4n) is 9.71. The van der Waals surface area contributed by atoms with E-state index in [0.717, 1.165) is 47.9 Å². The summed E-state index contributed by atoms with van der Waals surface area (Å²) in [4.78, 5) is 79.3. The number of aromatic nitrogens is 3. The Balaban J connectivity index is 0.872. The summed E-state index contributed by atoms with van der Waals surface area (Å²) in [5.74, 6) is -1.13. The number of nitrogens with zero attached hydrogens (tertiary/aromatic N) is 5. The zero-order chi connectivity index (χ0) is 55.8. The molecule has 4 atom stereocenters. The van der Waals surface area contributed by atoms with Crippen LogP contribution >= 0.6 is 46.2 Å². The second-order valence-corrected chi connectivity index (χ2v) is 23.5. The average molecular weight is 1150 g/mol. The molecule has 0 bridgehead atoms. The minimum absolute atomic E-state index is 0.0174. The van der Waals surface area contributed by atoms with Gasteiger partial charge in [0, 0.05) is 29.6 Å². The highest BCUT2D eigenvalue weighted by Crippen LogP contribution is 2.46. The summed E-state index contributed by atoms with van der Waals surface area (Å²) < 4.78 is 19.2. The number of anilines is 1. The Morgan fingerprint density at radius 3 is 2.00 bits per heavy atom. The first-order valence-electron chi connectivity index (χ1n) is 25.9. The van der Waals surface area contributed by atoms with Crippen LogP contribution in [-0.4, -0.2) is 92.0 Å². The van der Waals surface area contributed by atoms with Crippen molar-refractivity contribution in [2.45, 2.75) is 47.0 Å². The quantitative estimate of drug-likeness (QED) is 0.0173. The first-order chi connectivity index (χ1) is 39.6. The van der Waals surface area contributed by atoms with Crippen LogP contribution in [-0.2, 0) is 45.6 Å². The summed E-state index contributed by atoms with van der Waals surface area (Å²) in [6, 6.07) is 56.9. The van der Waals surface area contributed by atoms with Gasteiger partial charge in [-0.05, 0) is 58.5 Å². The molecule has 2 N–H and O–H groups in total. The number of fused-ring (bicyclic) bond motifs is 2. The van der Waals surface area contributed by atoms with E-state index in [1.807, 2.05) is 170 Å². The lowest BCUT2D eigenvalue weighted by molar-refractivity contribution is -0.162. The summed E-state index contributed by atoms with van der Waals surface area (Å²) in [5.41, 5.74) is 3.59. The molecule has 15 nitrogen and oxygen atoms in total. The maximum absolute atomic E-state index is 14.9. The van der Waals surface area contributed by atoms with E-state index in [1.165, 1.54) is 53.1 Å². The van der Waals surface area contributed by atoms with Crippen molar-refractivity contribution < 1.29 is 38.2 Å². The molecule has 2 amide bonds. The Bertz CT molecular complexity index is 3500. The molecule has 19 heteroatoms. The van der Waals surface area contributed by atoms with Crippen LogP contribution in [0.5, 0.6) is 5.75 Å². The van der Waals surface area contributed by atoms with Crippen LogP contribution in [0.4, 0.5) is 5.13 Å². The number of pyridine rings is 1. The molecule has 0 aliphatic carbocycles. The second kappa shape index (κ2) is 24.6. The highest BCUT2D eigenvalue weighted by Gasteiger charge is 2.58. The summed E-state index contributed by atoms with van der Waals surface area (Å²) in [7, 11) is 1.58. The molecule has 2 aliphatic rings. The molecule has 2 aliphatic heterocycles. The number of nitrogens with one attached hydrogen (secondary N) is 2. The number of hydrogen-bond donors (Lipinski definition) is 2. The third-order valence-electron chi connectivity index (χ3n) is 14.0. The Kier molecular flexibility index (Phi) is 16.6. The van der Waals surface area contributed by atoms with Crippen LogP contribution in [0.1, 0.15) is 52.1 Å². The van der Waals surface area contributed by atoms with Gasteiger partial charge in [-0.3, -0.25) is 19.4 Å². The van der Waals surface area contributed by atoms with Crippen molar-refractivity contribution in [3.63, 3.8) is 0 Å². The molecule has 0 spiro atoms. The predicted octanol–water partition coefficient (Wildman–Crippen LogP) is 10.9. The highest BCUT2D eigenvalue weighted by atomic mass is 32.2. The molecule has 0 radical (unpaired) electrons. The zero-order valence-corrected chi connectivity index (χ0v) is 47.1. The third-order valence-corrected chi connectivity index (χ3v) is 18.8. The van der Waals surface area contributed by atoms with Crippen molar-refractivity contribution in [3.05, 3.63) is 239 Å². The number of carbonyl (C=O) groups excluding carboxylic acids is 4. The summed E-state index contributed by atoms with van der Waals surface area (Å²) in [5, 5.41) is 12.6. The number of benzene rings is 6. The third kappa shape index (κ3) is 11.8. The van der Waals surface area contributed by atoms with Crippen LogP contribution in [0.3, 0.4) is 0 Å². The Morgan fingerprint density at radius 2 is 1.41 bits per heavy atom. The fraction of sp³-hybridized carbons (Fsp3) is 0.194. The molecule has 5 heterocycles. The van der Waals surface area contributed by atoms with E-state index in [0.29, 0.717) is 10.9 Å². The van der Waals surface area contributed by atoms with Gasteiger partial charge >= 0.3 is 11.9 Å². The van der Waals surface area contributed by atoms with Crippen molar-refractivity contribution in [1.82, 2.24) is 25.2 Å². The first kappa shape index (κ1) is 54.6. The molecule has 3 aromatic heterocycles. The molecule has 2 fully saturated rings. The van der Waals surface area contributed by atoms with E-state index >= 15 is 0 Å². The number of amides is 2. The lowest BCUT2D eigenvalue weighted by Gasteiger charge is -2.54. The summed E-state index contributed by atoms with van der Waals surface area (Å²) in [6.45, 7) is 1.55. The van der Waals surface area contributed by atoms with Crippen molar-refractivity contribution in [2.24, 2.45) is 10.6 Å². The van der Waals surface area contributed by atoms with Gasteiger partial charge in [0.2, 0.25) is 12.0 Å². The largest absolute Gasteiger partial charge is 0.497 e. The molecule has 81 heavy (non-hydrogen) atoms. The van der Waals surface area contributed by atoms with E-state index in [2.05, 4.69) is 20.8 Å². The Morgan fingerprint density at radius 1 is 0.802 bits per heavy atom. The number of thiazole rings is 2. The average Bonchev–Trinajstić information content (AvgIpc) is 4.19. The lowest BCUT2D eigenvalue weighted by Crippen LogP contribution is -2.74. The van der Waals surface area contributed by atoms with Crippen LogP contribution in [0.15, 0.2) is 209 Å². The standard InChI is InChI=1S/C62H53N7O8S4/c1-40(57(72)76-53(42-18-8-3-9-19-42)43-20-10-4-11-21-43)77-68-51(49-36-78-59(64-49)67-62(44-22-12-5-13-23-44,45-24-14-6-15-25-45)46-26-16-7-17-27-46)54(70)66-52-55(71)69-37-61(38-79-56(52)69,39-80-60-65-48-34-63-33-32-50(48)81-60)58(73)75-35-41-28-30-47(74-2)31-29-41/h3-34,36,40,52-53,56H,35,37-39H2,1-2H3,(H,64,67)(H,66,70)/t40-,52?,56+,61?/m0/s1. The monoisotopic (exact) mass is 1150 g/mol. The van der Waals surface area contributed by atoms with Crippen molar-refractivity contribution >= 4 is 91.0 Å². The lowest BCUT2D eigenvalue weighted by atomic mass is 9.77. The van der Waals surface area contributed by atoms with Gasteiger partial charge in [0.05, 0.1) is 18.0 Å². The highest BCUT2D eigenvalue weighted by molar-refractivity contribution is 8.01. The normalized spacial score (nSPS) is 17.3. The van der Waals surface area contributed by atoms with E-state index in [9.17, 15) is 19.2 Å². The maximum Gasteiger partial charge on any atom is 0.350 e. The van der Waals surface area contributed by atoms with Gasteiger partial charge in [0.25, 0.3) is 5.91 Å². The Hall–Kier alpha value is -8.36. The molecule has 0 saturated carbocycles. The van der Waals surface area contributed by atoms with Gasteiger partial charge in [-0.15, -0.1) is 34.4 Å². The number of ether oxygens (including phenoxy) is 3. The fourth-order valence-corrected chi connectivity index (χ4v) is 14.3. The van der Waals surface area contributed by atoms with Gasteiger partial charge in [0.1, 0.15) is 45.9 Å². The molecule has 2 unspecified atom stereocenters. The number of esters is 2. The van der Waals surface area contributed by atoms with Gasteiger partial charge in [0.15, 0.2) is 21.3 Å². The maximum atomic E-state index is 14.9. The van der Waals surface area contributed by atoms with Crippen LogP contribution in [0, 0.1) is 5.41 Å². The van der Waals surface area contributed by atoms with Crippen molar-refractivity contribution in [2.75, 3.05) is 30.5 Å². The van der Waals surface area contributed by atoms with E-state index in [-0.39, 0.29) is 36.1 Å². The number of β-lactam (4-membered cyclic amide) rings is 1. The van der Waals surface area contributed by atoms with E-state index in [4.69, 9.17) is 29.0 Å². The van der Waals surface area contributed by atoms with Crippen molar-refractivity contribution in [3.8, 4) is 5.75 Å². The van der Waals surface area contributed by atoms with Crippen LogP contribution < -0.4 is 15.4 Å². The molecular weight excluding hydrogens is 1100 g/mol. The van der Waals surface area contributed by atoms with Gasteiger partial charge in [-0.2, -0.15) is 0 Å². The van der Waals surface area contributed by atoms with E-state index in [1.54, 1.807) is 41.9 Å². The number of hydrogen-bond acceptors (Lipinski definition) is 17. The molecule has 6 aromatic carbocycles. The molecular formula is C62H53N7O8S4. The summed E-state index contributed by atoms with van der Waals surface area (Å²) >= 11 is 5.56. The summed E-state index contributed by atoms with van der Waals surface area (Å²) in [6.07, 6.45) is 1.35. The molecule has 9 aromatic rings. The number of thioether (sulfide) groups is 2. The topological polar surface area (TPSA) is 184 Å². The van der Waals surface area contributed by atoms with Gasteiger partial charge < -0.3 is 34.6 Å². The Labute approximate surface area is 484 Å². The second-order valence-electron chi connectivity index (χ2n) is 19.3. The molecule has 408 valence electrons. The zero-order valence-electron chi connectivity index (χ0n) is 43.8. The minimum Gasteiger partial charge on any atom is -0.497 e. The smallest absolute Gasteiger partial charge is 0.350 e. The number of rotatable bonds is 21. The molecule has 11 rings (SSSR count). The number of methoxy groups -OCH3 is 1. The van der Waals surface area contributed by atoms with Crippen LogP contribution in [0.2, 0.25) is 0 Å². The van der Waals surface area contributed by atoms with Crippen LogP contribution in [0.25, 0.3) is 10.2 Å². The van der Waals surface area contributed by atoms with E-state index < -0.39 is 58.3 Å². The van der Waals surface area contributed by atoms with Gasteiger partial charge in [-0.25, -0.2) is 14.8 Å². The SMILES string of the molecule is COc1ccc(COC(=O)C2(CSc3nc4cnccc4s3)CS[C@@H]3C(NC(=O)C(=NO[C@@H](C)C(=O)OC(c4ccccc4)c4ccccc4)c4csc(NC(c5ccccc5)(c5ccccc5)c5ccccc5)n4)C(=O)N3C2)cc1. The first-order valence-corrected chi connectivity index (χ1v) is 29.7. The number of carbonyl (C=O) groups is 4. The van der Waals surface area contributed by atoms with Crippen molar-refractivity contribution in [1.29, 1.82) is 0 Å². The van der Waals surface area contributed by atoms with Gasteiger partial charge in [-0.1, -0.05) is 181 Å². The minimum atomic E-state index is -1.30. The number of oxime groups is 1. The predicted molar refractivity (Wildman–Crippen MR) is 316 cm³/mol.